The number of benzene rings is 2. The highest BCUT2D eigenvalue weighted by Gasteiger charge is 2.29. The molecule has 0 aliphatic rings. The Labute approximate surface area is 172 Å². The van der Waals surface area contributed by atoms with Gasteiger partial charge in [0.2, 0.25) is 15.9 Å². The van der Waals surface area contributed by atoms with Gasteiger partial charge in [-0.2, -0.15) is 0 Å². The standard InChI is InChI=1S/C21H27N3O4S/c1-14(2)22-21(26)18-11-6-7-12-19(18)23-20(25)16(4)24(29(5,27)28)17-10-8-9-15(3)13-17/h6-14,16H,1-5H3,(H,22,26)(H,23,25). The quantitative estimate of drug-likeness (QED) is 0.724. The lowest BCUT2D eigenvalue weighted by atomic mass is 10.1. The van der Waals surface area contributed by atoms with Crippen molar-refractivity contribution in [2.24, 2.45) is 0 Å². The molecule has 2 aromatic carbocycles. The van der Waals surface area contributed by atoms with Gasteiger partial charge in [-0.1, -0.05) is 24.3 Å². The number of nitrogens with zero attached hydrogens (tertiary/aromatic N) is 1. The second-order valence-electron chi connectivity index (χ2n) is 7.24. The van der Waals surface area contributed by atoms with Gasteiger partial charge in [0.05, 0.1) is 23.2 Å². The Morgan fingerprint density at radius 2 is 1.66 bits per heavy atom. The predicted molar refractivity (Wildman–Crippen MR) is 116 cm³/mol. The van der Waals surface area contributed by atoms with Gasteiger partial charge in [0.1, 0.15) is 6.04 Å². The van der Waals surface area contributed by atoms with E-state index in [4.69, 9.17) is 0 Å². The van der Waals surface area contributed by atoms with E-state index < -0.39 is 22.0 Å². The summed E-state index contributed by atoms with van der Waals surface area (Å²) in [6.45, 7) is 7.04. The Morgan fingerprint density at radius 1 is 1.00 bits per heavy atom. The summed E-state index contributed by atoms with van der Waals surface area (Å²) >= 11 is 0. The Balaban J connectivity index is 2.33. The first kappa shape index (κ1) is 22.4. The second-order valence-corrected chi connectivity index (χ2v) is 9.10. The lowest BCUT2D eigenvalue weighted by Gasteiger charge is -2.28. The number of hydrogen-bond acceptors (Lipinski definition) is 4. The lowest BCUT2D eigenvalue weighted by Crippen LogP contribution is -2.45. The van der Waals surface area contributed by atoms with Crippen molar-refractivity contribution < 1.29 is 18.0 Å². The summed E-state index contributed by atoms with van der Waals surface area (Å²) in [6.07, 6.45) is 1.06. The van der Waals surface area contributed by atoms with Crippen molar-refractivity contribution in [2.45, 2.75) is 39.8 Å². The minimum Gasteiger partial charge on any atom is -0.350 e. The summed E-state index contributed by atoms with van der Waals surface area (Å²) in [5, 5.41) is 5.48. The van der Waals surface area contributed by atoms with Gasteiger partial charge in [0, 0.05) is 6.04 Å². The highest BCUT2D eigenvalue weighted by molar-refractivity contribution is 7.92. The molecular formula is C21H27N3O4S. The molecule has 2 N–H and O–H groups in total. The summed E-state index contributed by atoms with van der Waals surface area (Å²) in [4.78, 5) is 25.3. The molecule has 2 amide bonds. The molecule has 0 aromatic heterocycles. The molecule has 1 unspecified atom stereocenters. The van der Waals surface area contributed by atoms with Crippen molar-refractivity contribution >= 4 is 33.2 Å². The number of carbonyl (C=O) groups is 2. The van der Waals surface area contributed by atoms with Crippen molar-refractivity contribution in [3.8, 4) is 0 Å². The predicted octanol–water partition coefficient (Wildman–Crippen LogP) is 2.93. The van der Waals surface area contributed by atoms with Gasteiger partial charge in [-0.05, 0) is 57.5 Å². The average Bonchev–Trinajstić information content (AvgIpc) is 2.60. The Bertz CT molecular complexity index is 1000. The van der Waals surface area contributed by atoms with Crippen LogP contribution in [0.4, 0.5) is 11.4 Å². The van der Waals surface area contributed by atoms with Crippen LogP contribution in [-0.2, 0) is 14.8 Å². The molecule has 0 fully saturated rings. The van der Waals surface area contributed by atoms with Crippen LogP contribution < -0.4 is 14.9 Å². The average molecular weight is 418 g/mol. The van der Waals surface area contributed by atoms with Crippen molar-refractivity contribution in [2.75, 3.05) is 15.9 Å². The van der Waals surface area contributed by atoms with Gasteiger partial charge in [-0.15, -0.1) is 0 Å². The molecule has 1 atom stereocenters. The molecule has 0 aliphatic heterocycles. The van der Waals surface area contributed by atoms with Crippen LogP contribution in [0.2, 0.25) is 0 Å². The smallest absolute Gasteiger partial charge is 0.253 e. The van der Waals surface area contributed by atoms with E-state index in [1.807, 2.05) is 26.8 Å². The van der Waals surface area contributed by atoms with Crippen LogP contribution in [0.15, 0.2) is 48.5 Å². The molecule has 0 aliphatic carbocycles. The molecule has 7 nitrogen and oxygen atoms in total. The van der Waals surface area contributed by atoms with Crippen LogP contribution in [-0.4, -0.2) is 38.6 Å². The molecule has 0 spiro atoms. The van der Waals surface area contributed by atoms with Crippen LogP contribution >= 0.6 is 0 Å². The minimum atomic E-state index is -3.72. The van der Waals surface area contributed by atoms with Crippen LogP contribution in [0.1, 0.15) is 36.7 Å². The van der Waals surface area contributed by atoms with E-state index >= 15 is 0 Å². The molecule has 29 heavy (non-hydrogen) atoms. The summed E-state index contributed by atoms with van der Waals surface area (Å²) in [5.74, 6) is -0.857. The molecular weight excluding hydrogens is 390 g/mol. The van der Waals surface area contributed by atoms with E-state index in [9.17, 15) is 18.0 Å². The Kier molecular flexibility index (Phi) is 7.02. The molecule has 8 heteroatoms. The van der Waals surface area contributed by atoms with Crippen molar-refractivity contribution in [3.05, 3.63) is 59.7 Å². The molecule has 156 valence electrons. The number of para-hydroxylation sites is 1. The van der Waals surface area contributed by atoms with Crippen LogP contribution in [0.3, 0.4) is 0 Å². The zero-order chi connectivity index (χ0) is 21.8. The van der Waals surface area contributed by atoms with Gasteiger partial charge in [0.25, 0.3) is 5.91 Å². The highest BCUT2D eigenvalue weighted by atomic mass is 32.2. The maximum Gasteiger partial charge on any atom is 0.253 e. The van der Waals surface area contributed by atoms with Gasteiger partial charge in [0.15, 0.2) is 0 Å². The number of sulfonamides is 1. The van der Waals surface area contributed by atoms with Gasteiger partial charge < -0.3 is 10.6 Å². The lowest BCUT2D eigenvalue weighted by molar-refractivity contribution is -0.116. The van der Waals surface area contributed by atoms with Crippen molar-refractivity contribution in [1.82, 2.24) is 5.32 Å². The highest BCUT2D eigenvalue weighted by Crippen LogP contribution is 2.23. The number of hydrogen-bond donors (Lipinski definition) is 2. The van der Waals surface area contributed by atoms with E-state index in [0.29, 0.717) is 16.9 Å². The first-order valence-electron chi connectivity index (χ1n) is 9.27. The fourth-order valence-electron chi connectivity index (χ4n) is 2.94. The number of aryl methyl sites for hydroxylation is 1. The molecule has 0 heterocycles. The third-order valence-corrected chi connectivity index (χ3v) is 5.44. The number of amides is 2. The summed E-state index contributed by atoms with van der Waals surface area (Å²) in [6, 6.07) is 12.4. The van der Waals surface area contributed by atoms with Gasteiger partial charge in [-0.3, -0.25) is 13.9 Å². The molecule has 2 rings (SSSR count). The monoisotopic (exact) mass is 417 g/mol. The third-order valence-electron chi connectivity index (χ3n) is 4.19. The van der Waals surface area contributed by atoms with E-state index in [1.54, 1.807) is 42.5 Å². The number of rotatable bonds is 7. The number of anilines is 2. The van der Waals surface area contributed by atoms with E-state index in [0.717, 1.165) is 16.1 Å². The zero-order valence-electron chi connectivity index (χ0n) is 17.3. The first-order chi connectivity index (χ1) is 13.5. The van der Waals surface area contributed by atoms with E-state index in [1.165, 1.54) is 6.92 Å². The molecule has 0 saturated heterocycles. The summed E-state index contributed by atoms with van der Waals surface area (Å²) < 4.78 is 25.9. The molecule has 0 saturated carbocycles. The topological polar surface area (TPSA) is 95.6 Å². The fraction of sp³-hybridized carbons (Fsp3) is 0.333. The summed E-state index contributed by atoms with van der Waals surface area (Å²) in [5.41, 5.74) is 1.91. The molecule has 0 bridgehead atoms. The fourth-order valence-corrected chi connectivity index (χ4v) is 4.11. The summed E-state index contributed by atoms with van der Waals surface area (Å²) in [7, 11) is -3.72. The number of nitrogens with one attached hydrogen (secondary N) is 2. The minimum absolute atomic E-state index is 0.0628. The largest absolute Gasteiger partial charge is 0.350 e. The van der Waals surface area contributed by atoms with Crippen molar-refractivity contribution in [3.63, 3.8) is 0 Å². The van der Waals surface area contributed by atoms with Crippen molar-refractivity contribution in [1.29, 1.82) is 0 Å². The maximum atomic E-state index is 12.9. The van der Waals surface area contributed by atoms with E-state index in [-0.39, 0.29) is 11.9 Å². The molecule has 0 radical (unpaired) electrons. The van der Waals surface area contributed by atoms with E-state index in [2.05, 4.69) is 10.6 Å². The van der Waals surface area contributed by atoms with Crippen LogP contribution in [0.25, 0.3) is 0 Å². The second kappa shape index (κ2) is 9.09. The Morgan fingerprint density at radius 3 is 2.24 bits per heavy atom. The van der Waals surface area contributed by atoms with Crippen LogP contribution in [0, 0.1) is 6.92 Å². The third kappa shape index (κ3) is 5.80. The first-order valence-corrected chi connectivity index (χ1v) is 11.1. The van der Waals surface area contributed by atoms with Crippen LogP contribution in [0.5, 0.6) is 0 Å². The van der Waals surface area contributed by atoms with Gasteiger partial charge in [-0.25, -0.2) is 8.42 Å². The Hall–Kier alpha value is -2.87. The molecule has 2 aromatic rings. The van der Waals surface area contributed by atoms with Gasteiger partial charge >= 0.3 is 0 Å². The maximum absolute atomic E-state index is 12.9. The SMILES string of the molecule is Cc1cccc(N(C(C)C(=O)Nc2ccccc2C(=O)NC(C)C)S(C)(=O)=O)c1. The normalized spacial score (nSPS) is 12.3. The number of carbonyl (C=O) groups excluding carboxylic acids is 2. The zero-order valence-corrected chi connectivity index (χ0v) is 18.1.